The minimum atomic E-state index is -0.571. The molecular weight excluding hydrogens is 406 g/mol. The minimum Gasteiger partial charge on any atom is -0.480 e. The van der Waals surface area contributed by atoms with Crippen molar-refractivity contribution in [3.8, 4) is 5.75 Å². The van der Waals surface area contributed by atoms with Crippen molar-refractivity contribution in [1.29, 1.82) is 0 Å². The number of carbonyl (C=O) groups is 1. The van der Waals surface area contributed by atoms with Crippen molar-refractivity contribution in [3.05, 3.63) is 27.7 Å². The molecule has 0 unspecified atom stereocenters. The number of benzene rings is 1. The van der Waals surface area contributed by atoms with Gasteiger partial charge in [0.05, 0.1) is 10.6 Å². The summed E-state index contributed by atoms with van der Waals surface area (Å²) in [5.41, 5.74) is 0. The maximum atomic E-state index is 13.0. The number of carbonyl (C=O) groups excluding carboxylic acids is 1. The monoisotopic (exact) mass is 429 g/mol. The van der Waals surface area contributed by atoms with Gasteiger partial charge in [0.2, 0.25) is 0 Å². The molecule has 1 aromatic rings. The lowest BCUT2D eigenvalue weighted by Gasteiger charge is -2.38. The molecule has 1 heterocycles. The molecule has 2 fully saturated rings. The molecule has 1 saturated carbocycles. The summed E-state index contributed by atoms with van der Waals surface area (Å²) in [5, 5.41) is 11.0. The van der Waals surface area contributed by atoms with Gasteiger partial charge in [-0.3, -0.25) is 4.79 Å². The number of aliphatic hydroxyl groups excluding tert-OH is 1. The first kappa shape index (κ1) is 19.0. The molecule has 25 heavy (non-hydrogen) atoms. The summed E-state index contributed by atoms with van der Waals surface area (Å²) in [4.78, 5) is 14.9. The minimum absolute atomic E-state index is 0.00197. The van der Waals surface area contributed by atoms with E-state index in [1.54, 1.807) is 25.1 Å². The van der Waals surface area contributed by atoms with Crippen molar-refractivity contribution >= 4 is 33.4 Å². The molecule has 6 heteroatoms. The number of ether oxygens (including phenoxy) is 1. The van der Waals surface area contributed by atoms with Crippen LogP contribution in [0.3, 0.4) is 0 Å². The van der Waals surface area contributed by atoms with Crippen molar-refractivity contribution in [2.45, 2.75) is 63.7 Å². The Morgan fingerprint density at radius 1 is 1.32 bits per heavy atom. The standard InChI is InChI=1S/C19H25BrClNO3/c1-12(25-18-9-8-13(21)11-15(18)20)19(24)22-10-4-6-16(22)14-5-2-3-7-17(14)23/h8-9,11-12,14,16-17,23H,2-7,10H2,1H3/t12-,14+,16+,17+/m0/s1. The summed E-state index contributed by atoms with van der Waals surface area (Å²) in [6.07, 6.45) is 5.21. The first-order valence-electron chi connectivity index (χ1n) is 9.07. The number of rotatable bonds is 4. The third kappa shape index (κ3) is 4.32. The van der Waals surface area contributed by atoms with E-state index < -0.39 is 6.10 Å². The normalized spacial score (nSPS) is 28.0. The molecule has 1 saturated heterocycles. The van der Waals surface area contributed by atoms with Crippen LogP contribution in [0.5, 0.6) is 5.75 Å². The van der Waals surface area contributed by atoms with Gasteiger partial charge in [-0.05, 0) is 66.7 Å². The van der Waals surface area contributed by atoms with Crippen LogP contribution in [0, 0.1) is 5.92 Å². The second-order valence-electron chi connectivity index (χ2n) is 7.09. The van der Waals surface area contributed by atoms with E-state index >= 15 is 0 Å². The van der Waals surface area contributed by atoms with Gasteiger partial charge in [0.1, 0.15) is 5.75 Å². The second-order valence-corrected chi connectivity index (χ2v) is 8.38. The van der Waals surface area contributed by atoms with E-state index in [2.05, 4.69) is 15.9 Å². The average molecular weight is 431 g/mol. The molecule has 1 aliphatic heterocycles. The molecule has 1 N–H and O–H groups in total. The van der Waals surface area contributed by atoms with Gasteiger partial charge in [0, 0.05) is 23.5 Å². The lowest BCUT2D eigenvalue weighted by Crippen LogP contribution is -2.49. The van der Waals surface area contributed by atoms with E-state index in [4.69, 9.17) is 16.3 Å². The Kier molecular flexibility index (Phi) is 6.29. The lowest BCUT2D eigenvalue weighted by molar-refractivity contribution is -0.141. The molecule has 3 rings (SSSR count). The number of likely N-dealkylation sites (tertiary alicyclic amines) is 1. The van der Waals surface area contributed by atoms with Crippen LogP contribution in [-0.2, 0) is 4.79 Å². The van der Waals surface area contributed by atoms with Crippen molar-refractivity contribution < 1.29 is 14.6 Å². The molecule has 138 valence electrons. The van der Waals surface area contributed by atoms with Gasteiger partial charge in [0.25, 0.3) is 5.91 Å². The number of halogens is 2. The molecule has 1 aromatic carbocycles. The number of hydrogen-bond donors (Lipinski definition) is 1. The Bertz CT molecular complexity index is 627. The van der Waals surface area contributed by atoms with E-state index in [1.807, 2.05) is 4.90 Å². The molecule has 0 bridgehead atoms. The van der Waals surface area contributed by atoms with Crippen molar-refractivity contribution in [3.63, 3.8) is 0 Å². The zero-order valence-electron chi connectivity index (χ0n) is 14.5. The topological polar surface area (TPSA) is 49.8 Å². The number of aliphatic hydroxyl groups is 1. The first-order valence-corrected chi connectivity index (χ1v) is 10.2. The zero-order chi connectivity index (χ0) is 18.0. The quantitative estimate of drug-likeness (QED) is 0.769. The van der Waals surface area contributed by atoms with Gasteiger partial charge < -0.3 is 14.7 Å². The predicted molar refractivity (Wildman–Crippen MR) is 102 cm³/mol. The fraction of sp³-hybridized carbons (Fsp3) is 0.632. The molecule has 4 nitrogen and oxygen atoms in total. The Hall–Kier alpha value is -0.780. The van der Waals surface area contributed by atoms with Gasteiger partial charge in [0.15, 0.2) is 6.10 Å². The van der Waals surface area contributed by atoms with E-state index in [0.29, 0.717) is 10.8 Å². The molecule has 0 aromatic heterocycles. The maximum Gasteiger partial charge on any atom is 0.263 e. The summed E-state index contributed by atoms with van der Waals surface area (Å²) in [6, 6.07) is 5.41. The van der Waals surface area contributed by atoms with Crippen LogP contribution < -0.4 is 4.74 Å². The van der Waals surface area contributed by atoms with E-state index in [1.165, 1.54) is 0 Å². The third-order valence-electron chi connectivity index (χ3n) is 5.40. The van der Waals surface area contributed by atoms with Crippen LogP contribution in [0.25, 0.3) is 0 Å². The summed E-state index contributed by atoms with van der Waals surface area (Å²) in [5.74, 6) is 0.815. The Morgan fingerprint density at radius 2 is 2.08 bits per heavy atom. The van der Waals surface area contributed by atoms with Gasteiger partial charge in [-0.25, -0.2) is 0 Å². The predicted octanol–water partition coefficient (Wildman–Crippen LogP) is 4.41. The number of hydrogen-bond acceptors (Lipinski definition) is 3. The van der Waals surface area contributed by atoms with Crippen molar-refractivity contribution in [1.82, 2.24) is 4.90 Å². The highest BCUT2D eigenvalue weighted by Gasteiger charge is 2.40. The molecule has 1 aliphatic carbocycles. The van der Waals surface area contributed by atoms with Crippen LogP contribution in [0.2, 0.25) is 5.02 Å². The maximum absolute atomic E-state index is 13.0. The van der Waals surface area contributed by atoms with Gasteiger partial charge >= 0.3 is 0 Å². The summed E-state index contributed by atoms with van der Waals surface area (Å²) >= 11 is 9.38. The molecule has 1 amide bonds. The summed E-state index contributed by atoms with van der Waals surface area (Å²) < 4.78 is 6.61. The average Bonchev–Trinajstić information content (AvgIpc) is 3.06. The highest BCUT2D eigenvalue weighted by atomic mass is 79.9. The van der Waals surface area contributed by atoms with E-state index in [-0.39, 0.29) is 24.0 Å². The first-order chi connectivity index (χ1) is 12.0. The van der Waals surface area contributed by atoms with Crippen LogP contribution >= 0.6 is 27.5 Å². The van der Waals surface area contributed by atoms with Gasteiger partial charge in [-0.1, -0.05) is 24.4 Å². The molecule has 0 spiro atoms. The third-order valence-corrected chi connectivity index (χ3v) is 6.26. The Labute approximate surface area is 162 Å². The molecule has 2 aliphatic rings. The van der Waals surface area contributed by atoms with Gasteiger partial charge in [-0.15, -0.1) is 0 Å². The fourth-order valence-corrected chi connectivity index (χ4v) is 4.92. The van der Waals surface area contributed by atoms with Crippen LogP contribution in [0.15, 0.2) is 22.7 Å². The number of nitrogens with zero attached hydrogens (tertiary/aromatic N) is 1. The zero-order valence-corrected chi connectivity index (χ0v) is 16.8. The SMILES string of the molecule is C[C@H](Oc1ccc(Cl)cc1Br)C(=O)N1CCC[C@@H]1[C@H]1CCCC[C@H]1O. The van der Waals surface area contributed by atoms with Crippen LogP contribution in [0.1, 0.15) is 45.4 Å². The molecular formula is C19H25BrClNO3. The Morgan fingerprint density at radius 3 is 2.80 bits per heavy atom. The van der Waals surface area contributed by atoms with Crippen molar-refractivity contribution in [2.24, 2.45) is 5.92 Å². The van der Waals surface area contributed by atoms with Gasteiger partial charge in [-0.2, -0.15) is 0 Å². The summed E-state index contributed by atoms with van der Waals surface area (Å²) in [6.45, 7) is 2.54. The largest absolute Gasteiger partial charge is 0.480 e. The Balaban J connectivity index is 1.68. The highest BCUT2D eigenvalue weighted by Crippen LogP contribution is 2.35. The molecule has 0 radical (unpaired) electrons. The van der Waals surface area contributed by atoms with E-state index in [0.717, 1.165) is 49.5 Å². The smallest absolute Gasteiger partial charge is 0.263 e. The second kappa shape index (κ2) is 8.28. The van der Waals surface area contributed by atoms with E-state index in [9.17, 15) is 9.90 Å². The highest BCUT2D eigenvalue weighted by molar-refractivity contribution is 9.10. The lowest BCUT2D eigenvalue weighted by atomic mass is 9.80. The fourth-order valence-electron chi connectivity index (χ4n) is 4.15. The van der Waals surface area contributed by atoms with Crippen LogP contribution in [0.4, 0.5) is 0 Å². The van der Waals surface area contributed by atoms with Crippen molar-refractivity contribution in [2.75, 3.05) is 6.54 Å². The summed E-state index contributed by atoms with van der Waals surface area (Å²) in [7, 11) is 0. The number of amides is 1. The molecule has 4 atom stereocenters. The van der Waals surface area contributed by atoms with Crippen LogP contribution in [-0.4, -0.2) is 40.7 Å².